The summed E-state index contributed by atoms with van der Waals surface area (Å²) >= 11 is 6.15. The fourth-order valence-corrected chi connectivity index (χ4v) is 7.89. The molecule has 4 rings (SSSR count). The molecular formula is C22H19ClF3NO6S. The van der Waals surface area contributed by atoms with Gasteiger partial charge < -0.3 is 15.5 Å². The van der Waals surface area contributed by atoms with E-state index in [9.17, 15) is 41.4 Å². The quantitative estimate of drug-likeness (QED) is 0.519. The van der Waals surface area contributed by atoms with Gasteiger partial charge in [-0.2, -0.15) is 0 Å². The molecule has 7 nitrogen and oxygen atoms in total. The number of halogens is 4. The summed E-state index contributed by atoms with van der Waals surface area (Å²) < 4.78 is 67.1. The van der Waals surface area contributed by atoms with Crippen LogP contribution in [0.4, 0.5) is 18.9 Å². The van der Waals surface area contributed by atoms with E-state index in [1.54, 1.807) is 0 Å². The fraction of sp³-hybridized carbons (Fsp3) is 0.364. The number of carboxylic acid groups (broad SMARTS) is 1. The van der Waals surface area contributed by atoms with E-state index in [0.717, 1.165) is 6.07 Å². The Bertz CT molecular complexity index is 1260. The molecule has 2 fully saturated rings. The molecule has 2 unspecified atom stereocenters. The SMILES string of the molecule is O=C(Nc1cc(F)c(F)c(F)c1)c1ccc(Cl)c(S(=O)(=O)C2C3CCC2CC(O)(C(=O)O)C3)c1. The number of aliphatic carboxylic acids is 1. The number of fused-ring (bicyclic) bond motifs is 2. The number of hydrogen-bond donors (Lipinski definition) is 3. The largest absolute Gasteiger partial charge is 0.479 e. The molecule has 0 heterocycles. The van der Waals surface area contributed by atoms with E-state index in [1.807, 2.05) is 0 Å². The molecule has 0 spiro atoms. The third-order valence-corrected chi connectivity index (χ3v) is 9.41. The molecule has 0 radical (unpaired) electrons. The Morgan fingerprint density at radius 1 is 1.03 bits per heavy atom. The Balaban J connectivity index is 1.63. The first-order valence-electron chi connectivity index (χ1n) is 10.3. The average molecular weight is 518 g/mol. The van der Waals surface area contributed by atoms with Gasteiger partial charge in [-0.25, -0.2) is 26.4 Å². The van der Waals surface area contributed by atoms with E-state index < -0.39 is 61.9 Å². The second-order valence-electron chi connectivity index (χ2n) is 8.71. The lowest BCUT2D eigenvalue weighted by atomic mass is 9.77. The van der Waals surface area contributed by atoms with E-state index in [0.29, 0.717) is 25.0 Å². The van der Waals surface area contributed by atoms with Crippen LogP contribution in [0.3, 0.4) is 0 Å². The summed E-state index contributed by atoms with van der Waals surface area (Å²) in [5.74, 6) is -8.24. The molecule has 12 heteroatoms. The Labute approximate surface area is 197 Å². The lowest BCUT2D eigenvalue weighted by molar-refractivity contribution is -0.164. The number of carbonyl (C=O) groups excluding carboxylic acids is 1. The van der Waals surface area contributed by atoms with Crippen LogP contribution in [0.15, 0.2) is 35.2 Å². The molecule has 0 aliphatic heterocycles. The number of carboxylic acids is 1. The number of nitrogens with one attached hydrogen (secondary N) is 1. The van der Waals surface area contributed by atoms with Gasteiger partial charge in [-0.1, -0.05) is 11.6 Å². The van der Waals surface area contributed by atoms with E-state index in [2.05, 4.69) is 5.32 Å². The normalized spacial score (nSPS) is 26.3. The van der Waals surface area contributed by atoms with Crippen LogP contribution < -0.4 is 5.32 Å². The van der Waals surface area contributed by atoms with Gasteiger partial charge in [0.15, 0.2) is 32.9 Å². The van der Waals surface area contributed by atoms with Crippen molar-refractivity contribution in [2.75, 3.05) is 5.32 Å². The Kier molecular flexibility index (Phi) is 6.16. The fourth-order valence-electron chi connectivity index (χ4n) is 5.05. The number of aliphatic hydroxyl groups is 1. The van der Waals surface area contributed by atoms with Gasteiger partial charge in [0.1, 0.15) is 0 Å². The lowest BCUT2D eigenvalue weighted by Gasteiger charge is -2.38. The molecule has 182 valence electrons. The summed E-state index contributed by atoms with van der Waals surface area (Å²) in [7, 11) is -4.14. The van der Waals surface area contributed by atoms with Gasteiger partial charge in [-0.05, 0) is 55.7 Å². The highest BCUT2D eigenvalue weighted by atomic mass is 35.5. The molecule has 1 amide bonds. The average Bonchev–Trinajstić information content (AvgIpc) is 3.05. The lowest BCUT2D eigenvalue weighted by Crippen LogP contribution is -2.50. The van der Waals surface area contributed by atoms with Crippen LogP contribution in [-0.2, 0) is 14.6 Å². The number of rotatable bonds is 5. The third kappa shape index (κ3) is 4.16. The minimum absolute atomic E-state index is 0.158. The Morgan fingerprint density at radius 3 is 2.12 bits per heavy atom. The van der Waals surface area contributed by atoms with Crippen molar-refractivity contribution in [3.05, 3.63) is 58.4 Å². The summed E-state index contributed by atoms with van der Waals surface area (Å²) in [4.78, 5) is 23.7. The topological polar surface area (TPSA) is 121 Å². The van der Waals surface area contributed by atoms with Crippen molar-refractivity contribution in [1.29, 1.82) is 0 Å². The molecule has 2 bridgehead atoms. The zero-order valence-electron chi connectivity index (χ0n) is 17.4. The van der Waals surface area contributed by atoms with Gasteiger partial charge in [-0.15, -0.1) is 0 Å². The van der Waals surface area contributed by atoms with Crippen molar-refractivity contribution in [2.45, 2.75) is 41.4 Å². The minimum Gasteiger partial charge on any atom is -0.479 e. The van der Waals surface area contributed by atoms with Gasteiger partial charge in [0.2, 0.25) is 0 Å². The first kappa shape index (κ1) is 24.5. The molecule has 34 heavy (non-hydrogen) atoms. The molecule has 2 atom stereocenters. The second-order valence-corrected chi connectivity index (χ2v) is 11.2. The molecule has 2 aliphatic carbocycles. The van der Waals surface area contributed by atoms with Gasteiger partial charge >= 0.3 is 5.97 Å². The van der Waals surface area contributed by atoms with Crippen molar-refractivity contribution in [2.24, 2.45) is 11.8 Å². The zero-order chi connectivity index (χ0) is 25.0. The molecular weight excluding hydrogens is 499 g/mol. The predicted octanol–water partition coefficient (Wildman–Crippen LogP) is 3.79. The maximum absolute atomic E-state index is 13.5. The first-order valence-corrected chi connectivity index (χ1v) is 12.2. The molecule has 2 aliphatic rings. The van der Waals surface area contributed by atoms with Crippen molar-refractivity contribution in [3.8, 4) is 0 Å². The number of sulfone groups is 1. The molecule has 0 aromatic heterocycles. The summed E-state index contributed by atoms with van der Waals surface area (Å²) in [6.07, 6.45) is 0.401. The smallest absolute Gasteiger partial charge is 0.335 e. The van der Waals surface area contributed by atoms with Crippen LogP contribution in [0.2, 0.25) is 5.02 Å². The van der Waals surface area contributed by atoms with Gasteiger partial charge in [0.05, 0.1) is 15.2 Å². The first-order chi connectivity index (χ1) is 15.8. The highest BCUT2D eigenvalue weighted by Gasteiger charge is 2.57. The number of anilines is 1. The standard InChI is InChI=1S/C22H19ClF3NO6S/c23-14-4-3-10(20(28)27-13-6-15(24)18(26)16(25)7-13)5-17(14)34(32,33)19-11-1-2-12(19)9-22(31,8-11)21(29)30/h3-7,11-12,19,31H,1-2,8-9H2,(H,27,28)(H,29,30). The number of carbonyl (C=O) groups is 2. The van der Waals surface area contributed by atoms with Crippen LogP contribution in [0.5, 0.6) is 0 Å². The predicted molar refractivity (Wildman–Crippen MR) is 115 cm³/mol. The van der Waals surface area contributed by atoms with E-state index >= 15 is 0 Å². The highest BCUT2D eigenvalue weighted by molar-refractivity contribution is 7.92. The summed E-state index contributed by atoms with van der Waals surface area (Å²) in [5, 5.41) is 20.8. The maximum Gasteiger partial charge on any atom is 0.335 e. The Hall–Kier alpha value is -2.63. The highest BCUT2D eigenvalue weighted by Crippen LogP contribution is 2.51. The monoisotopic (exact) mass is 517 g/mol. The van der Waals surface area contributed by atoms with Crippen molar-refractivity contribution < 1.29 is 41.4 Å². The summed E-state index contributed by atoms with van der Waals surface area (Å²) in [5.41, 5.74) is -2.55. The Morgan fingerprint density at radius 2 is 1.59 bits per heavy atom. The summed E-state index contributed by atoms with van der Waals surface area (Å²) in [6.45, 7) is 0. The molecule has 2 aromatic carbocycles. The number of benzene rings is 2. The number of amides is 1. The maximum atomic E-state index is 13.5. The molecule has 3 N–H and O–H groups in total. The van der Waals surface area contributed by atoms with Crippen LogP contribution in [0.25, 0.3) is 0 Å². The molecule has 2 saturated carbocycles. The van der Waals surface area contributed by atoms with E-state index in [1.165, 1.54) is 12.1 Å². The van der Waals surface area contributed by atoms with Crippen LogP contribution >= 0.6 is 11.6 Å². The third-order valence-electron chi connectivity index (χ3n) is 6.54. The van der Waals surface area contributed by atoms with E-state index in [-0.39, 0.29) is 34.0 Å². The van der Waals surface area contributed by atoms with E-state index in [4.69, 9.17) is 11.6 Å². The van der Waals surface area contributed by atoms with Gasteiger partial charge in [0, 0.05) is 23.4 Å². The molecule has 2 aromatic rings. The number of hydrogen-bond acceptors (Lipinski definition) is 5. The van der Waals surface area contributed by atoms with Crippen molar-refractivity contribution in [3.63, 3.8) is 0 Å². The second kappa shape index (κ2) is 8.54. The van der Waals surface area contributed by atoms with Crippen LogP contribution in [-0.4, -0.2) is 41.4 Å². The minimum atomic E-state index is -4.14. The van der Waals surface area contributed by atoms with Gasteiger partial charge in [0.25, 0.3) is 5.91 Å². The zero-order valence-corrected chi connectivity index (χ0v) is 19.0. The van der Waals surface area contributed by atoms with Gasteiger partial charge in [-0.3, -0.25) is 4.79 Å². The van der Waals surface area contributed by atoms with Crippen molar-refractivity contribution in [1.82, 2.24) is 0 Å². The van der Waals surface area contributed by atoms with Crippen molar-refractivity contribution >= 4 is 39.0 Å². The molecule has 0 saturated heterocycles. The van der Waals surface area contributed by atoms with Crippen LogP contribution in [0.1, 0.15) is 36.0 Å². The summed E-state index contributed by atoms with van der Waals surface area (Å²) in [6, 6.07) is 4.58. The van der Waals surface area contributed by atoms with Crippen LogP contribution in [0, 0.1) is 29.3 Å².